The van der Waals surface area contributed by atoms with Gasteiger partial charge in [-0.25, -0.2) is 4.98 Å². The van der Waals surface area contributed by atoms with Crippen molar-refractivity contribution in [3.05, 3.63) is 47.2 Å². The minimum absolute atomic E-state index is 0.0477. The molecule has 0 radical (unpaired) electrons. The first-order chi connectivity index (χ1) is 11.3. The third-order valence-corrected chi connectivity index (χ3v) is 3.14. The smallest absolute Gasteiger partial charge is 0.433 e. The number of aliphatic carboxylic acids is 1. The average Bonchev–Trinajstić information content (AvgIpc) is 2.51. The summed E-state index contributed by atoms with van der Waals surface area (Å²) in [5.74, 6) is -1.68. The van der Waals surface area contributed by atoms with Crippen LogP contribution in [0.1, 0.15) is 16.8 Å². The number of nitrogens with zero attached hydrogens (tertiary/aromatic N) is 2. The highest BCUT2D eigenvalue weighted by Crippen LogP contribution is 2.29. The first kappa shape index (κ1) is 17.5. The number of anilines is 2. The van der Waals surface area contributed by atoms with Crippen molar-refractivity contribution in [3.8, 4) is 0 Å². The Balaban J connectivity index is 2.22. The lowest BCUT2D eigenvalue weighted by Crippen LogP contribution is -2.18. The molecule has 0 bridgehead atoms. The maximum atomic E-state index is 12.9. The predicted octanol–water partition coefficient (Wildman–Crippen LogP) is 2.91. The van der Waals surface area contributed by atoms with Gasteiger partial charge in [-0.05, 0) is 18.1 Å². The number of aryl methyl sites for hydroxylation is 1. The van der Waals surface area contributed by atoms with E-state index in [4.69, 9.17) is 5.11 Å². The molecule has 6 nitrogen and oxygen atoms in total. The van der Waals surface area contributed by atoms with E-state index in [0.717, 1.165) is 17.2 Å². The molecular weight excluding hydrogens is 325 g/mol. The number of alkyl halides is 3. The molecule has 0 aliphatic rings. The normalized spacial score (nSPS) is 11.2. The Kier molecular flexibility index (Phi) is 5.22. The third kappa shape index (κ3) is 4.83. The predicted molar refractivity (Wildman–Crippen MR) is 81.7 cm³/mol. The van der Waals surface area contributed by atoms with E-state index in [1.807, 2.05) is 31.2 Å². The second-order valence-electron chi connectivity index (χ2n) is 4.99. The van der Waals surface area contributed by atoms with Crippen LogP contribution in [0.3, 0.4) is 0 Å². The van der Waals surface area contributed by atoms with Gasteiger partial charge < -0.3 is 15.7 Å². The molecule has 0 amide bonds. The molecule has 1 heterocycles. The van der Waals surface area contributed by atoms with Crippen LogP contribution in [0.4, 0.5) is 24.9 Å². The minimum atomic E-state index is -4.66. The van der Waals surface area contributed by atoms with Crippen molar-refractivity contribution in [2.45, 2.75) is 19.6 Å². The molecule has 0 spiro atoms. The van der Waals surface area contributed by atoms with Gasteiger partial charge in [-0.15, -0.1) is 0 Å². The molecule has 0 aliphatic carbocycles. The molecule has 0 fully saturated rings. The van der Waals surface area contributed by atoms with Crippen molar-refractivity contribution in [1.82, 2.24) is 9.97 Å². The molecule has 128 valence electrons. The van der Waals surface area contributed by atoms with Gasteiger partial charge in [0, 0.05) is 12.6 Å². The van der Waals surface area contributed by atoms with E-state index in [-0.39, 0.29) is 12.4 Å². The number of aromatic nitrogens is 2. The minimum Gasteiger partial charge on any atom is -0.480 e. The van der Waals surface area contributed by atoms with Gasteiger partial charge in [0.1, 0.15) is 12.4 Å². The summed E-state index contributed by atoms with van der Waals surface area (Å²) < 4.78 is 38.7. The molecule has 0 saturated carbocycles. The molecule has 1 aromatic carbocycles. The lowest BCUT2D eigenvalue weighted by atomic mass is 10.1. The van der Waals surface area contributed by atoms with Gasteiger partial charge in [0.05, 0.1) is 0 Å². The fourth-order valence-corrected chi connectivity index (χ4v) is 1.91. The fraction of sp³-hybridized carbons (Fsp3) is 0.267. The van der Waals surface area contributed by atoms with Crippen molar-refractivity contribution < 1.29 is 23.1 Å². The fourth-order valence-electron chi connectivity index (χ4n) is 1.91. The zero-order chi connectivity index (χ0) is 17.7. The number of rotatable bonds is 6. The van der Waals surface area contributed by atoms with E-state index in [2.05, 4.69) is 20.6 Å². The van der Waals surface area contributed by atoms with Crippen LogP contribution in [0, 0.1) is 6.92 Å². The summed E-state index contributed by atoms with van der Waals surface area (Å²) in [7, 11) is 0. The van der Waals surface area contributed by atoms with Crippen molar-refractivity contribution in [2.75, 3.05) is 17.2 Å². The summed E-state index contributed by atoms with van der Waals surface area (Å²) in [5.41, 5.74) is 0.738. The molecule has 0 atom stereocenters. The van der Waals surface area contributed by atoms with Crippen LogP contribution >= 0.6 is 0 Å². The summed E-state index contributed by atoms with van der Waals surface area (Å²) in [6, 6.07) is 8.20. The van der Waals surface area contributed by atoms with E-state index in [0.29, 0.717) is 0 Å². The SMILES string of the molecule is Cc1ccccc1CNc1cc(C(F)(F)F)nc(NCC(=O)O)n1. The molecule has 9 heteroatoms. The molecule has 0 unspecified atom stereocenters. The van der Waals surface area contributed by atoms with Gasteiger partial charge in [0.15, 0.2) is 5.69 Å². The van der Waals surface area contributed by atoms with Crippen LogP contribution in [0.2, 0.25) is 0 Å². The summed E-state index contributed by atoms with van der Waals surface area (Å²) >= 11 is 0. The van der Waals surface area contributed by atoms with E-state index in [1.165, 1.54) is 0 Å². The summed E-state index contributed by atoms with van der Waals surface area (Å²) in [6.07, 6.45) is -4.66. The van der Waals surface area contributed by atoms with Crippen LogP contribution < -0.4 is 10.6 Å². The Hall–Kier alpha value is -2.84. The maximum Gasteiger partial charge on any atom is 0.433 e. The number of carboxylic acid groups (broad SMARTS) is 1. The molecule has 1 aromatic heterocycles. The number of halogens is 3. The topological polar surface area (TPSA) is 87.1 Å². The molecule has 0 saturated heterocycles. The van der Waals surface area contributed by atoms with Gasteiger partial charge in [-0.1, -0.05) is 24.3 Å². The monoisotopic (exact) mass is 340 g/mol. The summed E-state index contributed by atoms with van der Waals surface area (Å²) in [4.78, 5) is 17.7. The second-order valence-corrected chi connectivity index (χ2v) is 4.99. The van der Waals surface area contributed by atoms with Crippen LogP contribution in [0.5, 0.6) is 0 Å². The highest BCUT2D eigenvalue weighted by molar-refractivity contribution is 5.71. The van der Waals surface area contributed by atoms with Crippen LogP contribution in [0.15, 0.2) is 30.3 Å². The number of hydrogen-bond acceptors (Lipinski definition) is 5. The number of carboxylic acids is 1. The van der Waals surface area contributed by atoms with Crippen molar-refractivity contribution in [3.63, 3.8) is 0 Å². The Morgan fingerprint density at radius 1 is 1.21 bits per heavy atom. The number of nitrogens with one attached hydrogen (secondary N) is 2. The lowest BCUT2D eigenvalue weighted by molar-refractivity contribution is -0.141. The van der Waals surface area contributed by atoms with E-state index >= 15 is 0 Å². The molecule has 24 heavy (non-hydrogen) atoms. The Morgan fingerprint density at radius 2 is 1.92 bits per heavy atom. The highest BCUT2D eigenvalue weighted by atomic mass is 19.4. The lowest BCUT2D eigenvalue weighted by Gasteiger charge is -2.13. The van der Waals surface area contributed by atoms with E-state index in [9.17, 15) is 18.0 Å². The van der Waals surface area contributed by atoms with E-state index < -0.39 is 30.3 Å². The standard InChI is InChI=1S/C15H15F3N4O2/c1-9-4-2-3-5-10(9)7-19-12-6-11(15(16,17)18)21-14(22-12)20-8-13(23)24/h2-6H,7-8H2,1H3,(H,23,24)(H2,19,20,21,22). The van der Waals surface area contributed by atoms with Gasteiger partial charge in [0.2, 0.25) is 5.95 Å². The third-order valence-electron chi connectivity index (χ3n) is 3.14. The van der Waals surface area contributed by atoms with Crippen LogP contribution in [-0.2, 0) is 17.5 Å². The Morgan fingerprint density at radius 3 is 2.54 bits per heavy atom. The largest absolute Gasteiger partial charge is 0.480 e. The van der Waals surface area contributed by atoms with Crippen LogP contribution in [-0.4, -0.2) is 27.6 Å². The van der Waals surface area contributed by atoms with Gasteiger partial charge in [0.25, 0.3) is 0 Å². The van der Waals surface area contributed by atoms with Gasteiger partial charge >= 0.3 is 12.1 Å². The average molecular weight is 340 g/mol. The Bertz CT molecular complexity index is 735. The quantitative estimate of drug-likeness (QED) is 0.749. The first-order valence-corrected chi connectivity index (χ1v) is 6.96. The molecule has 2 aromatic rings. The summed E-state index contributed by atoms with van der Waals surface area (Å²) in [5, 5.41) is 13.6. The first-order valence-electron chi connectivity index (χ1n) is 6.96. The summed E-state index contributed by atoms with van der Waals surface area (Å²) in [6.45, 7) is 1.58. The van der Waals surface area contributed by atoms with Gasteiger partial charge in [-0.3, -0.25) is 4.79 Å². The second kappa shape index (κ2) is 7.16. The molecule has 0 aliphatic heterocycles. The van der Waals surface area contributed by atoms with Crippen LogP contribution in [0.25, 0.3) is 0 Å². The van der Waals surface area contributed by atoms with Crippen molar-refractivity contribution >= 4 is 17.7 Å². The van der Waals surface area contributed by atoms with Crippen molar-refractivity contribution in [2.24, 2.45) is 0 Å². The molecular formula is C15H15F3N4O2. The number of hydrogen-bond donors (Lipinski definition) is 3. The zero-order valence-electron chi connectivity index (χ0n) is 12.7. The maximum absolute atomic E-state index is 12.9. The Labute approximate surface area is 135 Å². The highest BCUT2D eigenvalue weighted by Gasteiger charge is 2.33. The number of benzene rings is 1. The number of carbonyl (C=O) groups is 1. The molecule has 2 rings (SSSR count). The van der Waals surface area contributed by atoms with E-state index in [1.54, 1.807) is 0 Å². The zero-order valence-corrected chi connectivity index (χ0v) is 12.7. The van der Waals surface area contributed by atoms with Gasteiger partial charge in [-0.2, -0.15) is 18.2 Å². The molecule has 3 N–H and O–H groups in total. The van der Waals surface area contributed by atoms with Crippen molar-refractivity contribution in [1.29, 1.82) is 0 Å².